The molecule has 1 heterocycles. The van der Waals surface area contributed by atoms with Gasteiger partial charge in [-0.05, 0) is 58.8 Å². The Bertz CT molecular complexity index is 301. The van der Waals surface area contributed by atoms with Crippen LogP contribution >= 0.6 is 0 Å². The van der Waals surface area contributed by atoms with E-state index in [9.17, 15) is 9.90 Å². The lowest BCUT2D eigenvalue weighted by atomic mass is 9.83. The third-order valence-corrected chi connectivity index (χ3v) is 5.00. The molecule has 2 aliphatic rings. The van der Waals surface area contributed by atoms with E-state index in [1.165, 1.54) is 32.4 Å². The molecule has 2 fully saturated rings. The third kappa shape index (κ3) is 3.93. The number of carboxylic acids is 1. The first-order valence-corrected chi connectivity index (χ1v) is 7.69. The van der Waals surface area contributed by atoms with Crippen molar-refractivity contribution in [1.82, 2.24) is 9.80 Å². The zero-order valence-electron chi connectivity index (χ0n) is 12.3. The van der Waals surface area contributed by atoms with Crippen LogP contribution < -0.4 is 0 Å². The molecule has 0 aromatic heterocycles. The van der Waals surface area contributed by atoms with Crippen molar-refractivity contribution in [2.24, 2.45) is 11.8 Å². The molecule has 0 bridgehead atoms. The number of hydrogen-bond donors (Lipinski definition) is 1. The second kappa shape index (κ2) is 6.71. The molecule has 0 aromatic carbocycles. The Morgan fingerprint density at radius 2 is 1.84 bits per heavy atom. The highest BCUT2D eigenvalue weighted by Crippen LogP contribution is 2.29. The van der Waals surface area contributed by atoms with E-state index < -0.39 is 5.97 Å². The first-order chi connectivity index (χ1) is 9.08. The first-order valence-electron chi connectivity index (χ1n) is 7.69. The van der Waals surface area contributed by atoms with Gasteiger partial charge in [-0.3, -0.25) is 4.79 Å². The summed E-state index contributed by atoms with van der Waals surface area (Å²) < 4.78 is 0. The number of hydrogen-bond acceptors (Lipinski definition) is 3. The maximum absolute atomic E-state index is 11.4. The molecule has 0 spiro atoms. The fourth-order valence-electron chi connectivity index (χ4n) is 3.71. The Morgan fingerprint density at radius 1 is 1.21 bits per heavy atom. The van der Waals surface area contributed by atoms with Crippen molar-refractivity contribution in [2.75, 3.05) is 33.7 Å². The van der Waals surface area contributed by atoms with Gasteiger partial charge in [0.05, 0.1) is 5.92 Å². The first kappa shape index (κ1) is 14.8. The van der Waals surface area contributed by atoms with Crippen molar-refractivity contribution in [3.63, 3.8) is 0 Å². The summed E-state index contributed by atoms with van der Waals surface area (Å²) in [7, 11) is 4.31. The lowest BCUT2D eigenvalue weighted by molar-refractivity contribution is -0.145. The summed E-state index contributed by atoms with van der Waals surface area (Å²) in [6.45, 7) is 3.44. The zero-order chi connectivity index (χ0) is 13.8. The van der Waals surface area contributed by atoms with Crippen LogP contribution in [0.2, 0.25) is 0 Å². The topological polar surface area (TPSA) is 43.8 Å². The average molecular weight is 268 g/mol. The van der Waals surface area contributed by atoms with Gasteiger partial charge in [0.2, 0.25) is 0 Å². The van der Waals surface area contributed by atoms with Gasteiger partial charge in [0.25, 0.3) is 0 Å². The van der Waals surface area contributed by atoms with E-state index in [4.69, 9.17) is 0 Å². The molecule has 1 aliphatic carbocycles. The van der Waals surface area contributed by atoms with Crippen LogP contribution in [-0.2, 0) is 4.79 Å². The van der Waals surface area contributed by atoms with E-state index in [-0.39, 0.29) is 12.0 Å². The standard InChI is InChI=1S/C15H28N2O2/c1-16-9-7-12(8-10-16)11-17(2)14-6-4-3-5-13(14)15(18)19/h12-14H,3-11H2,1-2H3,(H,18,19). The minimum absolute atomic E-state index is 0.148. The summed E-state index contributed by atoms with van der Waals surface area (Å²) in [5.41, 5.74) is 0. The maximum Gasteiger partial charge on any atom is 0.308 e. The highest BCUT2D eigenvalue weighted by molar-refractivity contribution is 5.71. The fourth-order valence-corrected chi connectivity index (χ4v) is 3.71. The molecule has 1 saturated heterocycles. The Kier molecular flexibility index (Phi) is 5.22. The number of rotatable bonds is 4. The Hall–Kier alpha value is -0.610. The van der Waals surface area contributed by atoms with E-state index in [2.05, 4.69) is 23.9 Å². The predicted octanol–water partition coefficient (Wildman–Crippen LogP) is 1.90. The van der Waals surface area contributed by atoms with E-state index in [0.717, 1.165) is 31.7 Å². The molecule has 110 valence electrons. The van der Waals surface area contributed by atoms with Crippen LogP contribution in [0.3, 0.4) is 0 Å². The number of aliphatic carboxylic acids is 1. The summed E-state index contributed by atoms with van der Waals surface area (Å²) in [5, 5.41) is 9.36. The van der Waals surface area contributed by atoms with Crippen LogP contribution in [0, 0.1) is 11.8 Å². The molecule has 1 saturated carbocycles. The van der Waals surface area contributed by atoms with Crippen molar-refractivity contribution in [1.29, 1.82) is 0 Å². The quantitative estimate of drug-likeness (QED) is 0.846. The van der Waals surface area contributed by atoms with Crippen LogP contribution in [0.5, 0.6) is 0 Å². The molecular weight excluding hydrogens is 240 g/mol. The number of nitrogens with zero attached hydrogens (tertiary/aromatic N) is 2. The second-order valence-corrected chi connectivity index (χ2v) is 6.48. The smallest absolute Gasteiger partial charge is 0.308 e. The van der Waals surface area contributed by atoms with Crippen LogP contribution in [0.25, 0.3) is 0 Å². The zero-order valence-corrected chi connectivity index (χ0v) is 12.3. The Labute approximate surface area is 116 Å². The minimum atomic E-state index is -0.597. The third-order valence-electron chi connectivity index (χ3n) is 5.00. The molecule has 1 N–H and O–H groups in total. The molecule has 0 amide bonds. The maximum atomic E-state index is 11.4. The van der Waals surface area contributed by atoms with Gasteiger partial charge in [-0.1, -0.05) is 12.8 Å². The molecule has 0 aromatic rings. The van der Waals surface area contributed by atoms with Crippen LogP contribution in [0.4, 0.5) is 0 Å². The number of carbonyl (C=O) groups is 1. The lowest BCUT2D eigenvalue weighted by Crippen LogP contribution is -2.46. The SMILES string of the molecule is CN1CCC(CN(C)C2CCCCC2C(=O)O)CC1. The number of carboxylic acid groups (broad SMARTS) is 1. The molecule has 2 atom stereocenters. The summed E-state index contributed by atoms with van der Waals surface area (Å²) in [4.78, 5) is 16.1. The van der Waals surface area contributed by atoms with Crippen LogP contribution in [0.15, 0.2) is 0 Å². The second-order valence-electron chi connectivity index (χ2n) is 6.48. The molecule has 4 heteroatoms. The Morgan fingerprint density at radius 3 is 2.47 bits per heavy atom. The molecule has 2 unspecified atom stereocenters. The Balaban J connectivity index is 1.87. The summed E-state index contributed by atoms with van der Waals surface area (Å²) in [5.74, 6) is 0.00233. The molecule has 2 rings (SSSR count). The van der Waals surface area contributed by atoms with Gasteiger partial charge < -0.3 is 14.9 Å². The van der Waals surface area contributed by atoms with Gasteiger partial charge >= 0.3 is 5.97 Å². The van der Waals surface area contributed by atoms with E-state index in [1.807, 2.05) is 0 Å². The number of piperidine rings is 1. The van der Waals surface area contributed by atoms with Crippen molar-refractivity contribution < 1.29 is 9.90 Å². The molecular formula is C15H28N2O2. The van der Waals surface area contributed by atoms with Crippen molar-refractivity contribution in [3.05, 3.63) is 0 Å². The van der Waals surface area contributed by atoms with Crippen molar-refractivity contribution >= 4 is 5.97 Å². The van der Waals surface area contributed by atoms with E-state index in [1.54, 1.807) is 0 Å². The predicted molar refractivity (Wildman–Crippen MR) is 76.2 cm³/mol. The lowest BCUT2D eigenvalue weighted by Gasteiger charge is -2.39. The summed E-state index contributed by atoms with van der Waals surface area (Å²) in [6.07, 6.45) is 6.69. The monoisotopic (exact) mass is 268 g/mol. The molecule has 0 radical (unpaired) electrons. The van der Waals surface area contributed by atoms with Gasteiger partial charge in [0.1, 0.15) is 0 Å². The molecule has 1 aliphatic heterocycles. The van der Waals surface area contributed by atoms with Crippen molar-refractivity contribution in [3.8, 4) is 0 Å². The highest BCUT2D eigenvalue weighted by Gasteiger charge is 2.34. The largest absolute Gasteiger partial charge is 0.481 e. The molecule has 19 heavy (non-hydrogen) atoms. The van der Waals surface area contributed by atoms with Gasteiger partial charge in [-0.15, -0.1) is 0 Å². The van der Waals surface area contributed by atoms with E-state index >= 15 is 0 Å². The van der Waals surface area contributed by atoms with Gasteiger partial charge in [0, 0.05) is 12.6 Å². The van der Waals surface area contributed by atoms with Gasteiger partial charge in [0.15, 0.2) is 0 Å². The van der Waals surface area contributed by atoms with Gasteiger partial charge in [-0.2, -0.15) is 0 Å². The fraction of sp³-hybridized carbons (Fsp3) is 0.933. The van der Waals surface area contributed by atoms with Crippen molar-refractivity contribution in [2.45, 2.75) is 44.6 Å². The minimum Gasteiger partial charge on any atom is -0.481 e. The highest BCUT2D eigenvalue weighted by atomic mass is 16.4. The average Bonchev–Trinajstić information content (AvgIpc) is 2.41. The van der Waals surface area contributed by atoms with E-state index in [0.29, 0.717) is 0 Å². The number of likely N-dealkylation sites (tertiary alicyclic amines) is 1. The molecule has 4 nitrogen and oxygen atoms in total. The summed E-state index contributed by atoms with van der Waals surface area (Å²) >= 11 is 0. The van der Waals surface area contributed by atoms with Crippen LogP contribution in [0.1, 0.15) is 38.5 Å². The summed E-state index contributed by atoms with van der Waals surface area (Å²) in [6, 6.07) is 0.255. The van der Waals surface area contributed by atoms with Gasteiger partial charge in [-0.25, -0.2) is 0 Å². The van der Waals surface area contributed by atoms with Crippen LogP contribution in [-0.4, -0.2) is 60.6 Å². The normalized spacial score (nSPS) is 30.7.